The molecule has 0 spiro atoms. The molecule has 0 radical (unpaired) electrons. The normalized spacial score (nSPS) is 24.1. The first kappa shape index (κ1) is 5.76. The molecular formula is C6H11NO. The lowest BCUT2D eigenvalue weighted by molar-refractivity contribution is -0.119. The first-order valence-electron chi connectivity index (χ1n) is 2.99. The van der Waals surface area contributed by atoms with Gasteiger partial charge in [0.15, 0.2) is 0 Å². The number of carbonyl (C=O) groups excluding carboxylic acids is 1. The van der Waals surface area contributed by atoms with Gasteiger partial charge in [0.05, 0.1) is 0 Å². The first-order valence-corrected chi connectivity index (χ1v) is 2.99. The Morgan fingerprint density at radius 3 is 2.25 bits per heavy atom. The minimum Gasteiger partial charge on any atom is -0.329 e. The number of hydrogen-bond donors (Lipinski definition) is 1. The second kappa shape index (κ2) is 1.86. The zero-order valence-corrected chi connectivity index (χ0v) is 4.89. The van der Waals surface area contributed by atoms with E-state index in [9.17, 15) is 4.79 Å². The molecule has 1 aliphatic carbocycles. The van der Waals surface area contributed by atoms with Crippen molar-refractivity contribution < 1.29 is 4.79 Å². The van der Waals surface area contributed by atoms with E-state index in [1.807, 2.05) is 0 Å². The van der Waals surface area contributed by atoms with Gasteiger partial charge in [-0.05, 0) is 12.8 Å². The van der Waals surface area contributed by atoms with Gasteiger partial charge in [0.1, 0.15) is 6.29 Å². The van der Waals surface area contributed by atoms with E-state index in [4.69, 9.17) is 5.73 Å². The Morgan fingerprint density at radius 1 is 1.62 bits per heavy atom. The number of aldehydes is 1. The van der Waals surface area contributed by atoms with Gasteiger partial charge in [0, 0.05) is 12.0 Å². The van der Waals surface area contributed by atoms with E-state index in [1.54, 1.807) is 0 Å². The average Bonchev–Trinajstić information content (AvgIpc) is 1.67. The fraction of sp³-hybridized carbons (Fsp3) is 0.833. The molecule has 0 aliphatic heterocycles. The molecule has 0 heterocycles. The van der Waals surface area contributed by atoms with Crippen LogP contribution in [0.15, 0.2) is 0 Å². The number of nitrogens with two attached hydrogens (primary N) is 1. The van der Waals surface area contributed by atoms with Crippen molar-refractivity contribution in [3.63, 3.8) is 0 Å². The molecule has 1 saturated carbocycles. The highest BCUT2D eigenvalue weighted by Crippen LogP contribution is 2.37. The molecule has 1 fully saturated rings. The van der Waals surface area contributed by atoms with Crippen LogP contribution in [0.4, 0.5) is 0 Å². The van der Waals surface area contributed by atoms with Crippen LogP contribution in [-0.4, -0.2) is 12.8 Å². The fourth-order valence-electron chi connectivity index (χ4n) is 1.00. The molecule has 1 rings (SSSR count). The number of hydrogen-bond acceptors (Lipinski definition) is 2. The molecule has 0 bridgehead atoms. The second-order valence-corrected chi connectivity index (χ2v) is 2.54. The molecule has 0 aromatic carbocycles. The van der Waals surface area contributed by atoms with Gasteiger partial charge >= 0.3 is 0 Å². The summed E-state index contributed by atoms with van der Waals surface area (Å²) in [6.45, 7) is 0.538. The molecule has 2 N–H and O–H groups in total. The summed E-state index contributed by atoms with van der Waals surface area (Å²) < 4.78 is 0. The van der Waals surface area contributed by atoms with E-state index in [0.29, 0.717) is 6.54 Å². The van der Waals surface area contributed by atoms with E-state index < -0.39 is 0 Å². The Kier molecular flexibility index (Phi) is 1.34. The van der Waals surface area contributed by atoms with Crippen molar-refractivity contribution in [3.8, 4) is 0 Å². The van der Waals surface area contributed by atoms with Crippen LogP contribution in [0.3, 0.4) is 0 Å². The predicted octanol–water partition coefficient (Wildman–Crippen LogP) is 0.314. The van der Waals surface area contributed by atoms with Gasteiger partial charge in [-0.2, -0.15) is 0 Å². The predicted molar refractivity (Wildman–Crippen MR) is 31.4 cm³/mol. The highest BCUT2D eigenvalue weighted by atomic mass is 16.1. The summed E-state index contributed by atoms with van der Waals surface area (Å²) in [5.41, 5.74) is 5.25. The minimum atomic E-state index is -0.0972. The van der Waals surface area contributed by atoms with E-state index in [0.717, 1.165) is 19.1 Å². The molecule has 0 aromatic heterocycles. The van der Waals surface area contributed by atoms with Crippen LogP contribution in [0.1, 0.15) is 19.3 Å². The zero-order chi connectivity index (χ0) is 6.04. The SMILES string of the molecule is NCC1(C=O)CCC1. The molecule has 0 atom stereocenters. The van der Waals surface area contributed by atoms with E-state index in [2.05, 4.69) is 0 Å². The molecular weight excluding hydrogens is 102 g/mol. The Labute approximate surface area is 49.1 Å². The molecule has 2 heteroatoms. The molecule has 1 aliphatic rings. The van der Waals surface area contributed by atoms with E-state index in [1.165, 1.54) is 6.42 Å². The first-order chi connectivity index (χ1) is 3.83. The summed E-state index contributed by atoms with van der Waals surface area (Å²) in [5.74, 6) is 0. The second-order valence-electron chi connectivity index (χ2n) is 2.54. The van der Waals surface area contributed by atoms with Crippen molar-refractivity contribution in [2.75, 3.05) is 6.54 Å². The lowest BCUT2D eigenvalue weighted by Crippen LogP contribution is -2.38. The maximum atomic E-state index is 10.3. The molecule has 2 nitrogen and oxygen atoms in total. The maximum Gasteiger partial charge on any atom is 0.127 e. The summed E-state index contributed by atoms with van der Waals surface area (Å²) in [5, 5.41) is 0. The van der Waals surface area contributed by atoms with Crippen molar-refractivity contribution in [1.82, 2.24) is 0 Å². The smallest absolute Gasteiger partial charge is 0.127 e. The summed E-state index contributed by atoms with van der Waals surface area (Å²) >= 11 is 0. The molecule has 0 aromatic rings. The maximum absolute atomic E-state index is 10.3. The highest BCUT2D eigenvalue weighted by molar-refractivity contribution is 5.61. The van der Waals surface area contributed by atoms with Crippen LogP contribution >= 0.6 is 0 Å². The quantitative estimate of drug-likeness (QED) is 0.524. The van der Waals surface area contributed by atoms with Crippen molar-refractivity contribution in [1.29, 1.82) is 0 Å². The average molecular weight is 113 g/mol. The minimum absolute atomic E-state index is 0.0972. The van der Waals surface area contributed by atoms with Gasteiger partial charge in [-0.3, -0.25) is 0 Å². The van der Waals surface area contributed by atoms with Gasteiger partial charge in [0.2, 0.25) is 0 Å². The Balaban J connectivity index is 2.45. The van der Waals surface area contributed by atoms with Crippen molar-refractivity contribution >= 4 is 6.29 Å². The van der Waals surface area contributed by atoms with E-state index in [-0.39, 0.29) is 5.41 Å². The van der Waals surface area contributed by atoms with Crippen LogP contribution in [0.2, 0.25) is 0 Å². The van der Waals surface area contributed by atoms with Crippen LogP contribution in [-0.2, 0) is 4.79 Å². The van der Waals surface area contributed by atoms with Crippen LogP contribution in [0.5, 0.6) is 0 Å². The fourth-order valence-corrected chi connectivity index (χ4v) is 1.00. The van der Waals surface area contributed by atoms with Crippen LogP contribution in [0.25, 0.3) is 0 Å². The monoisotopic (exact) mass is 113 g/mol. The molecule has 0 unspecified atom stereocenters. The number of rotatable bonds is 2. The van der Waals surface area contributed by atoms with E-state index >= 15 is 0 Å². The van der Waals surface area contributed by atoms with Crippen molar-refractivity contribution in [2.45, 2.75) is 19.3 Å². The van der Waals surface area contributed by atoms with Gasteiger partial charge in [0.25, 0.3) is 0 Å². The third-order valence-electron chi connectivity index (χ3n) is 2.01. The van der Waals surface area contributed by atoms with Crippen LogP contribution in [0, 0.1) is 5.41 Å². The summed E-state index contributed by atoms with van der Waals surface area (Å²) in [6.07, 6.45) is 4.20. The van der Waals surface area contributed by atoms with Crippen molar-refractivity contribution in [2.24, 2.45) is 11.1 Å². The third-order valence-corrected chi connectivity index (χ3v) is 2.01. The Hall–Kier alpha value is -0.370. The standard InChI is InChI=1S/C6H11NO/c7-4-6(5-8)2-1-3-6/h5H,1-4,7H2. The van der Waals surface area contributed by atoms with Gasteiger partial charge in [-0.25, -0.2) is 0 Å². The highest BCUT2D eigenvalue weighted by Gasteiger charge is 2.34. The summed E-state index contributed by atoms with van der Waals surface area (Å²) in [7, 11) is 0. The Bertz CT molecular complexity index is 91.2. The van der Waals surface area contributed by atoms with Crippen LogP contribution < -0.4 is 5.73 Å². The molecule has 0 saturated heterocycles. The lowest BCUT2D eigenvalue weighted by atomic mass is 9.70. The zero-order valence-electron chi connectivity index (χ0n) is 4.89. The Morgan fingerprint density at radius 2 is 2.25 bits per heavy atom. The molecule has 46 valence electrons. The topological polar surface area (TPSA) is 43.1 Å². The van der Waals surface area contributed by atoms with Gasteiger partial charge < -0.3 is 10.5 Å². The molecule has 0 amide bonds. The van der Waals surface area contributed by atoms with Gasteiger partial charge in [-0.15, -0.1) is 0 Å². The van der Waals surface area contributed by atoms with Gasteiger partial charge in [-0.1, -0.05) is 6.42 Å². The number of carbonyl (C=O) groups is 1. The molecule has 8 heavy (non-hydrogen) atoms. The van der Waals surface area contributed by atoms with Crippen molar-refractivity contribution in [3.05, 3.63) is 0 Å². The summed E-state index contributed by atoms with van der Waals surface area (Å²) in [4.78, 5) is 10.3. The largest absolute Gasteiger partial charge is 0.329 e. The summed E-state index contributed by atoms with van der Waals surface area (Å²) in [6, 6.07) is 0. The third kappa shape index (κ3) is 0.650. The lowest BCUT2D eigenvalue weighted by Gasteiger charge is -2.34.